The van der Waals surface area contributed by atoms with E-state index in [0.29, 0.717) is 19.6 Å². The molecule has 1 rings (SSSR count). The number of hydrogen-bond donors (Lipinski definition) is 3. The van der Waals surface area contributed by atoms with Crippen LogP contribution in [-0.2, 0) is 6.54 Å². The average molecular weight is 237 g/mol. The van der Waals surface area contributed by atoms with Crippen molar-refractivity contribution in [2.45, 2.75) is 13.5 Å². The first-order chi connectivity index (χ1) is 7.77. The third-order valence-corrected chi connectivity index (χ3v) is 2.74. The summed E-state index contributed by atoms with van der Waals surface area (Å²) in [6.07, 6.45) is 0. The highest BCUT2D eigenvalue weighted by Gasteiger charge is 2.03. The standard InChI is InChI=1S/C11H15N3OS/c1-2-13-11(15)14-8-10-9(4-3-6-12)5-7-16-10/h5,7H,2,6,8,12H2,1H3,(H2,13,14,15). The molecule has 0 fully saturated rings. The van der Waals surface area contributed by atoms with Crippen LogP contribution in [0.15, 0.2) is 11.4 Å². The molecule has 0 aliphatic carbocycles. The Morgan fingerprint density at radius 1 is 1.56 bits per heavy atom. The quantitative estimate of drug-likeness (QED) is 0.683. The van der Waals surface area contributed by atoms with Crippen LogP contribution in [0, 0.1) is 11.8 Å². The molecule has 0 aliphatic heterocycles. The van der Waals surface area contributed by atoms with Gasteiger partial charge in [0.15, 0.2) is 0 Å². The number of amides is 2. The first kappa shape index (κ1) is 12.6. The largest absolute Gasteiger partial charge is 0.338 e. The smallest absolute Gasteiger partial charge is 0.315 e. The van der Waals surface area contributed by atoms with Gasteiger partial charge >= 0.3 is 6.03 Å². The maximum absolute atomic E-state index is 11.2. The lowest BCUT2D eigenvalue weighted by molar-refractivity contribution is 0.241. The zero-order valence-electron chi connectivity index (χ0n) is 9.17. The summed E-state index contributed by atoms with van der Waals surface area (Å²) in [6, 6.07) is 1.77. The van der Waals surface area contributed by atoms with Crippen molar-refractivity contribution in [3.63, 3.8) is 0 Å². The predicted molar refractivity (Wildman–Crippen MR) is 66.2 cm³/mol. The van der Waals surface area contributed by atoms with Crippen molar-refractivity contribution in [2.24, 2.45) is 5.73 Å². The number of carbonyl (C=O) groups is 1. The van der Waals surface area contributed by atoms with Gasteiger partial charge in [-0.1, -0.05) is 11.8 Å². The van der Waals surface area contributed by atoms with Crippen LogP contribution in [0.1, 0.15) is 17.4 Å². The summed E-state index contributed by atoms with van der Waals surface area (Å²) in [5.41, 5.74) is 6.24. The van der Waals surface area contributed by atoms with Gasteiger partial charge in [-0.2, -0.15) is 0 Å². The highest BCUT2D eigenvalue weighted by molar-refractivity contribution is 7.10. The SMILES string of the molecule is CCNC(=O)NCc1sccc1C#CCN. The van der Waals surface area contributed by atoms with Gasteiger partial charge in [-0.3, -0.25) is 0 Å². The molecule has 0 unspecified atom stereocenters. The molecule has 16 heavy (non-hydrogen) atoms. The Labute approximate surface area is 99.2 Å². The van der Waals surface area contributed by atoms with E-state index in [0.717, 1.165) is 10.4 Å². The summed E-state index contributed by atoms with van der Waals surface area (Å²) in [5.74, 6) is 5.77. The Kier molecular flexibility index (Phi) is 5.40. The molecule has 0 atom stereocenters. The summed E-state index contributed by atoms with van der Waals surface area (Å²) in [7, 11) is 0. The highest BCUT2D eigenvalue weighted by atomic mass is 32.1. The van der Waals surface area contributed by atoms with E-state index >= 15 is 0 Å². The lowest BCUT2D eigenvalue weighted by Gasteiger charge is -2.04. The molecule has 4 N–H and O–H groups in total. The molecule has 0 bridgehead atoms. The molecule has 0 radical (unpaired) electrons. The Balaban J connectivity index is 2.54. The number of carbonyl (C=O) groups excluding carboxylic acids is 1. The van der Waals surface area contributed by atoms with Crippen molar-refractivity contribution in [3.05, 3.63) is 21.9 Å². The van der Waals surface area contributed by atoms with Gasteiger partial charge in [0.2, 0.25) is 0 Å². The molecule has 0 aliphatic rings. The van der Waals surface area contributed by atoms with Crippen LogP contribution < -0.4 is 16.4 Å². The van der Waals surface area contributed by atoms with Crippen LogP contribution in [0.3, 0.4) is 0 Å². The topological polar surface area (TPSA) is 67.2 Å². The van der Waals surface area contributed by atoms with Crippen LogP contribution in [0.2, 0.25) is 0 Å². The molecule has 0 saturated carbocycles. The van der Waals surface area contributed by atoms with Gasteiger partial charge in [-0.05, 0) is 18.4 Å². The first-order valence-electron chi connectivity index (χ1n) is 5.05. The molecular weight excluding hydrogens is 222 g/mol. The molecule has 0 aromatic carbocycles. The molecule has 0 saturated heterocycles. The van der Waals surface area contributed by atoms with E-state index < -0.39 is 0 Å². The molecule has 2 amide bonds. The maximum Gasteiger partial charge on any atom is 0.315 e. The predicted octanol–water partition coefficient (Wildman–Crippen LogP) is 0.877. The normalized spacial score (nSPS) is 9.12. The van der Waals surface area contributed by atoms with Crippen molar-refractivity contribution >= 4 is 17.4 Å². The molecule has 5 heteroatoms. The van der Waals surface area contributed by atoms with Gasteiger partial charge in [0.25, 0.3) is 0 Å². The van der Waals surface area contributed by atoms with Crippen LogP contribution in [-0.4, -0.2) is 19.1 Å². The second-order valence-electron chi connectivity index (χ2n) is 2.98. The van der Waals surface area contributed by atoms with Crippen LogP contribution >= 0.6 is 11.3 Å². The summed E-state index contributed by atoms with van der Waals surface area (Å²) in [5, 5.41) is 7.39. The van der Waals surface area contributed by atoms with E-state index in [1.807, 2.05) is 18.4 Å². The van der Waals surface area contributed by atoms with Crippen molar-refractivity contribution in [2.75, 3.05) is 13.1 Å². The fourth-order valence-corrected chi connectivity index (χ4v) is 1.89. The molecular formula is C11H15N3OS. The van der Waals surface area contributed by atoms with Gasteiger partial charge in [0, 0.05) is 17.0 Å². The van der Waals surface area contributed by atoms with Crippen LogP contribution in [0.4, 0.5) is 4.79 Å². The minimum atomic E-state index is -0.159. The van der Waals surface area contributed by atoms with Gasteiger partial charge in [0.05, 0.1) is 13.1 Å². The Hall–Kier alpha value is -1.51. The fourth-order valence-electron chi connectivity index (χ4n) is 1.12. The molecule has 1 aromatic rings. The number of thiophene rings is 1. The van der Waals surface area contributed by atoms with Gasteiger partial charge in [0.1, 0.15) is 0 Å². The summed E-state index contributed by atoms with van der Waals surface area (Å²) in [4.78, 5) is 12.2. The van der Waals surface area contributed by atoms with E-state index in [1.54, 1.807) is 11.3 Å². The zero-order valence-corrected chi connectivity index (χ0v) is 9.99. The number of urea groups is 1. The number of nitrogens with two attached hydrogens (primary N) is 1. The van der Waals surface area contributed by atoms with E-state index in [2.05, 4.69) is 22.5 Å². The lowest BCUT2D eigenvalue weighted by atomic mass is 10.2. The van der Waals surface area contributed by atoms with Crippen LogP contribution in [0.5, 0.6) is 0 Å². The summed E-state index contributed by atoms with van der Waals surface area (Å²) in [6.45, 7) is 3.34. The summed E-state index contributed by atoms with van der Waals surface area (Å²) >= 11 is 1.57. The number of rotatable bonds is 3. The average Bonchev–Trinajstić information content (AvgIpc) is 2.71. The van der Waals surface area contributed by atoms with Crippen LogP contribution in [0.25, 0.3) is 0 Å². The number of nitrogens with one attached hydrogen (secondary N) is 2. The third kappa shape index (κ3) is 3.93. The second kappa shape index (κ2) is 6.88. The van der Waals surface area contributed by atoms with Crippen molar-refractivity contribution < 1.29 is 4.79 Å². The highest BCUT2D eigenvalue weighted by Crippen LogP contribution is 2.15. The van der Waals surface area contributed by atoms with Crippen molar-refractivity contribution in [1.82, 2.24) is 10.6 Å². The minimum absolute atomic E-state index is 0.159. The minimum Gasteiger partial charge on any atom is -0.338 e. The Morgan fingerprint density at radius 2 is 2.38 bits per heavy atom. The van der Waals surface area contributed by atoms with Gasteiger partial charge in [-0.25, -0.2) is 4.79 Å². The monoisotopic (exact) mass is 237 g/mol. The lowest BCUT2D eigenvalue weighted by Crippen LogP contribution is -2.34. The molecule has 4 nitrogen and oxygen atoms in total. The van der Waals surface area contributed by atoms with Crippen molar-refractivity contribution in [3.8, 4) is 11.8 Å². The van der Waals surface area contributed by atoms with E-state index in [1.165, 1.54) is 0 Å². The Bertz CT molecular complexity index is 403. The number of hydrogen-bond acceptors (Lipinski definition) is 3. The van der Waals surface area contributed by atoms with E-state index in [9.17, 15) is 4.79 Å². The molecule has 0 spiro atoms. The second-order valence-corrected chi connectivity index (χ2v) is 3.98. The molecule has 1 aromatic heterocycles. The van der Waals surface area contributed by atoms with E-state index in [4.69, 9.17) is 5.73 Å². The first-order valence-corrected chi connectivity index (χ1v) is 5.93. The Morgan fingerprint density at radius 3 is 3.06 bits per heavy atom. The molecule has 86 valence electrons. The van der Waals surface area contributed by atoms with E-state index in [-0.39, 0.29) is 6.03 Å². The fraction of sp³-hybridized carbons (Fsp3) is 0.364. The third-order valence-electron chi connectivity index (χ3n) is 1.82. The van der Waals surface area contributed by atoms with Gasteiger partial charge in [-0.15, -0.1) is 11.3 Å². The molecule has 1 heterocycles. The van der Waals surface area contributed by atoms with Gasteiger partial charge < -0.3 is 16.4 Å². The zero-order chi connectivity index (χ0) is 11.8. The maximum atomic E-state index is 11.2. The van der Waals surface area contributed by atoms with Crippen molar-refractivity contribution in [1.29, 1.82) is 0 Å². The summed E-state index contributed by atoms with van der Waals surface area (Å²) < 4.78 is 0.